The Hall–Kier alpha value is -0.0800. The predicted octanol–water partition coefficient (Wildman–Crippen LogP) is 0.771. The van der Waals surface area contributed by atoms with E-state index in [4.69, 9.17) is 5.11 Å². The Morgan fingerprint density at radius 3 is 1.78 bits per heavy atom. The Kier molecular flexibility index (Phi) is 14.0. The van der Waals surface area contributed by atoms with Crippen molar-refractivity contribution in [3.63, 3.8) is 0 Å². The average molecular weight is 132 g/mol. The third kappa shape index (κ3) is 32.6. The Morgan fingerprint density at radius 2 is 1.78 bits per heavy atom. The third-order valence-corrected chi connectivity index (χ3v) is 0.547. The van der Waals surface area contributed by atoms with Gasteiger partial charge >= 0.3 is 0 Å². The number of rotatable bonds is 2. The van der Waals surface area contributed by atoms with Gasteiger partial charge in [-0.3, -0.25) is 0 Å². The molecule has 0 aliphatic rings. The molecule has 0 aromatic heterocycles. The first-order valence-corrected chi connectivity index (χ1v) is 3.23. The molecule has 9 heavy (non-hydrogen) atoms. The van der Waals surface area contributed by atoms with Crippen molar-refractivity contribution in [2.75, 3.05) is 27.2 Å². The van der Waals surface area contributed by atoms with Gasteiger partial charge in [0.1, 0.15) is 0 Å². The number of likely N-dealkylation sites (N-methyl/N-ethyl adjacent to an activating group) is 1. The molecule has 0 bridgehead atoms. The van der Waals surface area contributed by atoms with Gasteiger partial charge in [0, 0.05) is 6.54 Å². The molecular weight excluding hydrogens is 114 g/mol. The van der Waals surface area contributed by atoms with Gasteiger partial charge in [-0.2, -0.15) is 0 Å². The molecule has 0 amide bonds. The molecule has 0 spiro atoms. The first-order chi connectivity index (χ1) is 4.18. The quantitative estimate of drug-likeness (QED) is 0.600. The van der Waals surface area contributed by atoms with Crippen LogP contribution in [0.1, 0.15) is 13.3 Å². The molecule has 0 heterocycles. The van der Waals surface area contributed by atoms with Gasteiger partial charge in [0.15, 0.2) is 0 Å². The zero-order valence-electron chi connectivity index (χ0n) is 6.72. The normalized spacial score (nSPS) is 8.67. The maximum atomic E-state index is 8.20. The van der Waals surface area contributed by atoms with Crippen molar-refractivity contribution in [2.45, 2.75) is 13.3 Å². The monoisotopic (exact) mass is 132 g/mol. The van der Waals surface area contributed by atoms with Gasteiger partial charge in [-0.05, 0) is 14.1 Å². The first-order valence-electron chi connectivity index (χ1n) is 3.23. The van der Waals surface area contributed by atoms with Crippen LogP contribution in [0.3, 0.4) is 0 Å². The van der Waals surface area contributed by atoms with Crippen molar-refractivity contribution < 1.29 is 5.11 Å². The fourth-order valence-electron chi connectivity index (χ4n) is 0.200. The van der Waals surface area contributed by atoms with E-state index < -0.39 is 0 Å². The fourth-order valence-corrected chi connectivity index (χ4v) is 0.200. The van der Waals surface area contributed by atoms with Crippen LogP contribution in [0.2, 0.25) is 0 Å². The molecule has 1 radical (unpaired) electrons. The average Bonchev–Trinajstić information content (AvgIpc) is 1.67. The van der Waals surface area contributed by atoms with Crippen LogP contribution < -0.4 is 0 Å². The second kappa shape index (κ2) is 10.8. The highest BCUT2D eigenvalue weighted by molar-refractivity contribution is 4.34. The van der Waals surface area contributed by atoms with E-state index in [-0.39, 0.29) is 6.61 Å². The molecule has 2 heteroatoms. The van der Waals surface area contributed by atoms with Crippen molar-refractivity contribution >= 4 is 0 Å². The summed E-state index contributed by atoms with van der Waals surface area (Å²) in [7, 11) is 3.85. The highest BCUT2D eigenvalue weighted by atomic mass is 16.3. The SMILES string of the molecule is CN(C)CCO.[CH2]CC. The molecule has 0 aromatic rings. The van der Waals surface area contributed by atoms with Gasteiger partial charge < -0.3 is 10.0 Å². The van der Waals surface area contributed by atoms with Gasteiger partial charge in [-0.25, -0.2) is 0 Å². The van der Waals surface area contributed by atoms with Gasteiger partial charge in [0.05, 0.1) is 6.61 Å². The van der Waals surface area contributed by atoms with Crippen molar-refractivity contribution in [1.82, 2.24) is 4.90 Å². The molecule has 0 saturated heterocycles. The molecular formula is C7H18NO. The molecule has 0 atom stereocenters. The fraction of sp³-hybridized carbons (Fsp3) is 0.857. The zero-order chi connectivity index (χ0) is 7.70. The van der Waals surface area contributed by atoms with Gasteiger partial charge in [0.2, 0.25) is 0 Å². The molecule has 0 aromatic carbocycles. The molecule has 0 unspecified atom stereocenters. The van der Waals surface area contributed by atoms with E-state index >= 15 is 0 Å². The van der Waals surface area contributed by atoms with Crippen LogP contribution in [-0.4, -0.2) is 37.3 Å². The van der Waals surface area contributed by atoms with E-state index in [1.165, 1.54) is 0 Å². The number of hydrogen-bond donors (Lipinski definition) is 1. The van der Waals surface area contributed by atoms with E-state index in [1.54, 1.807) is 0 Å². The van der Waals surface area contributed by atoms with E-state index in [0.29, 0.717) is 0 Å². The van der Waals surface area contributed by atoms with Crippen LogP contribution in [0.5, 0.6) is 0 Å². The number of aliphatic hydroxyl groups is 1. The van der Waals surface area contributed by atoms with Crippen molar-refractivity contribution in [2.24, 2.45) is 0 Å². The van der Waals surface area contributed by atoms with Gasteiger partial charge in [-0.1, -0.05) is 20.3 Å². The Balaban J connectivity index is 0. The maximum Gasteiger partial charge on any atom is 0.0558 e. The smallest absolute Gasteiger partial charge is 0.0558 e. The summed E-state index contributed by atoms with van der Waals surface area (Å²) < 4.78 is 0. The summed E-state index contributed by atoms with van der Waals surface area (Å²) in [6.45, 7) is 6.52. The van der Waals surface area contributed by atoms with Crippen LogP contribution in [0.25, 0.3) is 0 Å². The Labute approximate surface area is 58.5 Å². The lowest BCUT2D eigenvalue weighted by molar-refractivity contribution is 0.243. The summed E-state index contributed by atoms with van der Waals surface area (Å²) in [5.41, 5.74) is 0. The van der Waals surface area contributed by atoms with Gasteiger partial charge in [0.25, 0.3) is 0 Å². The molecule has 0 saturated carbocycles. The minimum Gasteiger partial charge on any atom is -0.395 e. The van der Waals surface area contributed by atoms with Crippen molar-refractivity contribution in [3.05, 3.63) is 6.92 Å². The standard InChI is InChI=1S/C4H11NO.C3H7/c1-5(2)3-4-6;1-3-2/h6H,3-4H2,1-2H3;1,3H2,2H3. The molecule has 57 valence electrons. The second-order valence-electron chi connectivity index (χ2n) is 2.03. The van der Waals surface area contributed by atoms with Crippen molar-refractivity contribution in [1.29, 1.82) is 0 Å². The van der Waals surface area contributed by atoms with Crippen LogP contribution in [-0.2, 0) is 0 Å². The largest absolute Gasteiger partial charge is 0.395 e. The molecule has 0 rings (SSSR count). The number of hydrogen-bond acceptors (Lipinski definition) is 2. The van der Waals surface area contributed by atoms with Crippen LogP contribution in [0, 0.1) is 6.92 Å². The summed E-state index contributed by atoms with van der Waals surface area (Å²) >= 11 is 0. The topological polar surface area (TPSA) is 23.5 Å². The summed E-state index contributed by atoms with van der Waals surface area (Å²) in [5.74, 6) is 0. The van der Waals surface area contributed by atoms with Crippen LogP contribution >= 0.6 is 0 Å². The lowest BCUT2D eigenvalue weighted by Gasteiger charge is -2.03. The van der Waals surface area contributed by atoms with E-state index in [1.807, 2.05) is 25.9 Å². The van der Waals surface area contributed by atoms with E-state index in [0.717, 1.165) is 13.0 Å². The third-order valence-electron chi connectivity index (χ3n) is 0.547. The predicted molar refractivity (Wildman–Crippen MR) is 41.3 cm³/mol. The minimum absolute atomic E-state index is 0.257. The molecule has 2 nitrogen and oxygen atoms in total. The first kappa shape index (κ1) is 11.7. The van der Waals surface area contributed by atoms with Crippen LogP contribution in [0.4, 0.5) is 0 Å². The maximum absolute atomic E-state index is 8.20. The lowest BCUT2D eigenvalue weighted by atomic mass is 10.6. The summed E-state index contributed by atoms with van der Waals surface area (Å²) in [4.78, 5) is 1.93. The van der Waals surface area contributed by atoms with Crippen molar-refractivity contribution in [3.8, 4) is 0 Å². The molecule has 0 fully saturated rings. The number of nitrogens with zero attached hydrogens (tertiary/aromatic N) is 1. The lowest BCUT2D eigenvalue weighted by Crippen LogP contribution is -2.15. The minimum atomic E-state index is 0.257. The molecule has 0 aliphatic carbocycles. The van der Waals surface area contributed by atoms with Gasteiger partial charge in [-0.15, -0.1) is 0 Å². The Bertz CT molecular complexity index is 37.9. The summed E-state index contributed by atoms with van der Waals surface area (Å²) in [6.07, 6.45) is 1.00. The molecule has 0 aliphatic heterocycles. The molecule has 1 N–H and O–H groups in total. The second-order valence-corrected chi connectivity index (χ2v) is 2.03. The van der Waals surface area contributed by atoms with E-state index in [2.05, 4.69) is 6.92 Å². The van der Waals surface area contributed by atoms with E-state index in [9.17, 15) is 0 Å². The van der Waals surface area contributed by atoms with Crippen LogP contribution in [0.15, 0.2) is 0 Å². The highest BCUT2D eigenvalue weighted by Crippen LogP contribution is 1.66. The Morgan fingerprint density at radius 1 is 1.44 bits per heavy atom. The summed E-state index contributed by atoms with van der Waals surface area (Å²) in [6, 6.07) is 0. The highest BCUT2D eigenvalue weighted by Gasteiger charge is 1.80. The number of aliphatic hydroxyl groups excluding tert-OH is 1. The summed E-state index contributed by atoms with van der Waals surface area (Å²) in [5, 5.41) is 8.20. The zero-order valence-corrected chi connectivity index (χ0v) is 6.72.